The van der Waals surface area contributed by atoms with Crippen molar-refractivity contribution < 1.29 is 14.0 Å². The Labute approximate surface area is 182 Å². The van der Waals surface area contributed by atoms with E-state index in [0.29, 0.717) is 22.0 Å². The molecule has 0 spiro atoms. The number of rotatable bonds is 4. The van der Waals surface area contributed by atoms with Gasteiger partial charge in [0.05, 0.1) is 16.3 Å². The second kappa shape index (κ2) is 9.09. The predicted molar refractivity (Wildman–Crippen MR) is 118 cm³/mol. The lowest BCUT2D eigenvalue weighted by Crippen LogP contribution is -2.34. The van der Waals surface area contributed by atoms with Crippen molar-refractivity contribution in [1.82, 2.24) is 5.32 Å². The van der Waals surface area contributed by atoms with Gasteiger partial charge in [0.1, 0.15) is 0 Å². The van der Waals surface area contributed by atoms with E-state index in [0.717, 1.165) is 5.56 Å². The standard InChI is InChI=1S/C20H15Cl2N3O3S/c1-11-4-6-13(23-19(27)17-3-2-8-28-17)10-16(11)24-20(29)25-18(26)12-5-7-14(21)15(22)9-12/h2-10H,1H3,(H,23,27)(H2,24,25,26,29). The van der Waals surface area contributed by atoms with Crippen LogP contribution in [0.2, 0.25) is 10.0 Å². The minimum Gasteiger partial charge on any atom is -0.459 e. The van der Waals surface area contributed by atoms with E-state index in [9.17, 15) is 9.59 Å². The molecule has 3 aromatic rings. The summed E-state index contributed by atoms with van der Waals surface area (Å²) in [6.07, 6.45) is 1.42. The van der Waals surface area contributed by atoms with E-state index in [2.05, 4.69) is 16.0 Å². The summed E-state index contributed by atoms with van der Waals surface area (Å²) in [5.74, 6) is -0.606. The number of carbonyl (C=O) groups is 2. The Hall–Kier alpha value is -2.87. The van der Waals surface area contributed by atoms with Crippen molar-refractivity contribution in [2.75, 3.05) is 10.6 Å². The highest BCUT2D eigenvalue weighted by molar-refractivity contribution is 7.80. The van der Waals surface area contributed by atoms with Crippen molar-refractivity contribution in [3.8, 4) is 0 Å². The van der Waals surface area contributed by atoms with Crippen molar-refractivity contribution in [3.63, 3.8) is 0 Å². The summed E-state index contributed by atoms with van der Waals surface area (Å²) < 4.78 is 5.07. The number of amides is 2. The maximum Gasteiger partial charge on any atom is 0.291 e. The van der Waals surface area contributed by atoms with Gasteiger partial charge in [-0.05, 0) is 67.2 Å². The SMILES string of the molecule is Cc1ccc(NC(=O)c2ccco2)cc1NC(=S)NC(=O)c1ccc(Cl)c(Cl)c1. The highest BCUT2D eigenvalue weighted by atomic mass is 35.5. The van der Waals surface area contributed by atoms with Crippen molar-refractivity contribution in [3.05, 3.63) is 81.7 Å². The molecule has 6 nitrogen and oxygen atoms in total. The van der Waals surface area contributed by atoms with E-state index < -0.39 is 5.91 Å². The number of nitrogens with one attached hydrogen (secondary N) is 3. The van der Waals surface area contributed by atoms with Gasteiger partial charge in [0.2, 0.25) is 0 Å². The smallest absolute Gasteiger partial charge is 0.291 e. The highest BCUT2D eigenvalue weighted by Gasteiger charge is 2.12. The minimum atomic E-state index is -0.430. The predicted octanol–water partition coefficient (Wildman–Crippen LogP) is 5.27. The van der Waals surface area contributed by atoms with E-state index in [-0.39, 0.29) is 21.8 Å². The van der Waals surface area contributed by atoms with E-state index in [1.807, 2.05) is 13.0 Å². The molecule has 1 heterocycles. The molecule has 0 aliphatic heterocycles. The second-order valence-corrected chi connectivity index (χ2v) is 7.22. The molecule has 9 heteroatoms. The van der Waals surface area contributed by atoms with Crippen LogP contribution in [0.1, 0.15) is 26.5 Å². The van der Waals surface area contributed by atoms with Crippen LogP contribution in [0.25, 0.3) is 0 Å². The zero-order valence-corrected chi connectivity index (χ0v) is 17.4. The fourth-order valence-corrected chi connectivity index (χ4v) is 2.90. The zero-order valence-electron chi connectivity index (χ0n) is 15.1. The van der Waals surface area contributed by atoms with Crippen LogP contribution in [0, 0.1) is 6.92 Å². The van der Waals surface area contributed by atoms with Crippen LogP contribution < -0.4 is 16.0 Å². The van der Waals surface area contributed by atoms with Gasteiger partial charge in [0, 0.05) is 16.9 Å². The van der Waals surface area contributed by atoms with Crippen LogP contribution in [0.3, 0.4) is 0 Å². The van der Waals surface area contributed by atoms with Crippen LogP contribution >= 0.6 is 35.4 Å². The van der Waals surface area contributed by atoms with Gasteiger partial charge in [-0.3, -0.25) is 14.9 Å². The Morgan fingerprint density at radius 2 is 1.76 bits per heavy atom. The summed E-state index contributed by atoms with van der Waals surface area (Å²) >= 11 is 17.0. The monoisotopic (exact) mass is 447 g/mol. The molecule has 2 aromatic carbocycles. The fourth-order valence-electron chi connectivity index (χ4n) is 2.40. The van der Waals surface area contributed by atoms with Gasteiger partial charge in [-0.1, -0.05) is 29.3 Å². The first-order chi connectivity index (χ1) is 13.8. The topological polar surface area (TPSA) is 83.4 Å². The molecular formula is C20H15Cl2N3O3S. The number of hydrogen-bond donors (Lipinski definition) is 3. The molecule has 0 bridgehead atoms. The summed E-state index contributed by atoms with van der Waals surface area (Å²) in [6.45, 7) is 1.86. The molecule has 3 N–H and O–H groups in total. The van der Waals surface area contributed by atoms with Crippen LogP contribution in [-0.2, 0) is 0 Å². The van der Waals surface area contributed by atoms with E-state index in [4.69, 9.17) is 39.8 Å². The van der Waals surface area contributed by atoms with Gasteiger partial charge in [0.25, 0.3) is 11.8 Å². The van der Waals surface area contributed by atoms with Crippen molar-refractivity contribution >= 4 is 63.7 Å². The largest absolute Gasteiger partial charge is 0.459 e. The maximum absolute atomic E-state index is 12.3. The summed E-state index contributed by atoms with van der Waals surface area (Å²) in [4.78, 5) is 24.4. The first-order valence-electron chi connectivity index (χ1n) is 8.36. The first-order valence-corrected chi connectivity index (χ1v) is 9.53. The summed E-state index contributed by atoms with van der Waals surface area (Å²) in [5.41, 5.74) is 2.35. The third kappa shape index (κ3) is 5.35. The van der Waals surface area contributed by atoms with Crippen molar-refractivity contribution in [2.45, 2.75) is 6.92 Å². The third-order valence-electron chi connectivity index (χ3n) is 3.90. The van der Waals surface area contributed by atoms with Gasteiger partial charge < -0.3 is 15.1 Å². The molecular weight excluding hydrogens is 433 g/mol. The number of carbonyl (C=O) groups excluding carboxylic acids is 2. The fraction of sp³-hybridized carbons (Fsp3) is 0.0500. The molecule has 1 aromatic heterocycles. The summed E-state index contributed by atoms with van der Waals surface area (Å²) in [5, 5.41) is 8.99. The number of benzene rings is 2. The average Bonchev–Trinajstić information content (AvgIpc) is 3.21. The molecule has 0 radical (unpaired) electrons. The van der Waals surface area contributed by atoms with Gasteiger partial charge in [-0.2, -0.15) is 0 Å². The molecule has 0 saturated carbocycles. The zero-order chi connectivity index (χ0) is 21.0. The minimum absolute atomic E-state index is 0.0960. The Bertz CT molecular complexity index is 1080. The Morgan fingerprint density at radius 1 is 0.966 bits per heavy atom. The lowest BCUT2D eigenvalue weighted by molar-refractivity contribution is 0.0975. The quantitative estimate of drug-likeness (QED) is 0.474. The van der Waals surface area contributed by atoms with E-state index in [1.54, 1.807) is 30.3 Å². The molecule has 3 rings (SSSR count). The lowest BCUT2D eigenvalue weighted by atomic mass is 10.1. The normalized spacial score (nSPS) is 10.3. The van der Waals surface area contributed by atoms with E-state index >= 15 is 0 Å². The van der Waals surface area contributed by atoms with Crippen LogP contribution in [-0.4, -0.2) is 16.9 Å². The Morgan fingerprint density at radius 3 is 2.45 bits per heavy atom. The van der Waals surface area contributed by atoms with Gasteiger partial charge in [-0.25, -0.2) is 0 Å². The molecule has 0 aliphatic rings. The molecule has 148 valence electrons. The van der Waals surface area contributed by atoms with Crippen LogP contribution in [0.15, 0.2) is 59.2 Å². The average molecular weight is 448 g/mol. The number of anilines is 2. The summed E-state index contributed by atoms with van der Waals surface area (Å²) in [7, 11) is 0. The lowest BCUT2D eigenvalue weighted by Gasteiger charge is -2.14. The number of aryl methyl sites for hydroxylation is 1. The number of halogens is 2. The van der Waals surface area contributed by atoms with Crippen molar-refractivity contribution in [2.24, 2.45) is 0 Å². The summed E-state index contributed by atoms with van der Waals surface area (Å²) in [6, 6.07) is 13.0. The molecule has 0 fully saturated rings. The van der Waals surface area contributed by atoms with Crippen molar-refractivity contribution in [1.29, 1.82) is 0 Å². The molecule has 0 aliphatic carbocycles. The molecule has 0 saturated heterocycles. The third-order valence-corrected chi connectivity index (χ3v) is 4.84. The van der Waals surface area contributed by atoms with Gasteiger partial charge >= 0.3 is 0 Å². The van der Waals surface area contributed by atoms with Gasteiger partial charge in [-0.15, -0.1) is 0 Å². The van der Waals surface area contributed by atoms with E-state index in [1.165, 1.54) is 18.4 Å². The molecule has 0 atom stereocenters. The van der Waals surface area contributed by atoms with Gasteiger partial charge in [0.15, 0.2) is 10.9 Å². The number of thiocarbonyl (C=S) groups is 1. The number of furan rings is 1. The van der Waals surface area contributed by atoms with Crippen LogP contribution in [0.5, 0.6) is 0 Å². The highest BCUT2D eigenvalue weighted by Crippen LogP contribution is 2.23. The molecule has 2 amide bonds. The first kappa shape index (κ1) is 20.9. The molecule has 0 unspecified atom stereocenters. The second-order valence-electron chi connectivity index (χ2n) is 6.00. The molecule has 29 heavy (non-hydrogen) atoms. The Kier molecular flexibility index (Phi) is 6.53. The maximum atomic E-state index is 12.3. The Balaban J connectivity index is 1.67. The van der Waals surface area contributed by atoms with Crippen LogP contribution in [0.4, 0.5) is 11.4 Å². The number of hydrogen-bond acceptors (Lipinski definition) is 4.